The first-order valence-corrected chi connectivity index (χ1v) is 7.65. The van der Waals surface area contributed by atoms with Gasteiger partial charge < -0.3 is 5.11 Å². The zero-order valence-corrected chi connectivity index (χ0v) is 11.9. The Kier molecular flexibility index (Phi) is 3.68. The Morgan fingerprint density at radius 2 is 2.11 bits per heavy atom. The molecule has 1 aliphatic rings. The SMILES string of the molecule is Cc1ccc(F)cc1S(=O)(=O)N1CCCC(C)(O)C1. The molecule has 0 aromatic heterocycles. The third-order valence-corrected chi connectivity index (χ3v) is 5.40. The highest BCUT2D eigenvalue weighted by molar-refractivity contribution is 7.89. The largest absolute Gasteiger partial charge is 0.389 e. The van der Waals surface area contributed by atoms with E-state index in [0.717, 1.165) is 6.07 Å². The van der Waals surface area contributed by atoms with Crippen LogP contribution < -0.4 is 0 Å². The highest BCUT2D eigenvalue weighted by Gasteiger charge is 2.36. The van der Waals surface area contributed by atoms with Gasteiger partial charge in [-0.25, -0.2) is 12.8 Å². The van der Waals surface area contributed by atoms with E-state index >= 15 is 0 Å². The van der Waals surface area contributed by atoms with Crippen molar-refractivity contribution in [1.82, 2.24) is 4.31 Å². The summed E-state index contributed by atoms with van der Waals surface area (Å²) in [7, 11) is -3.75. The normalized spacial score (nSPS) is 25.5. The van der Waals surface area contributed by atoms with Crippen LogP contribution in [0.15, 0.2) is 23.1 Å². The predicted octanol–water partition coefficient (Wildman–Crippen LogP) is 1.67. The van der Waals surface area contributed by atoms with E-state index in [1.54, 1.807) is 13.8 Å². The highest BCUT2D eigenvalue weighted by atomic mass is 32.2. The van der Waals surface area contributed by atoms with Gasteiger partial charge in [-0.3, -0.25) is 0 Å². The van der Waals surface area contributed by atoms with E-state index in [1.807, 2.05) is 0 Å². The molecule has 0 radical (unpaired) electrons. The fourth-order valence-electron chi connectivity index (χ4n) is 2.37. The topological polar surface area (TPSA) is 57.6 Å². The molecule has 0 spiro atoms. The Hall–Kier alpha value is -0.980. The van der Waals surface area contributed by atoms with E-state index in [-0.39, 0.29) is 11.4 Å². The summed E-state index contributed by atoms with van der Waals surface area (Å²) in [6.07, 6.45) is 1.17. The summed E-state index contributed by atoms with van der Waals surface area (Å²) in [5, 5.41) is 10.00. The monoisotopic (exact) mass is 287 g/mol. The van der Waals surface area contributed by atoms with Crippen molar-refractivity contribution in [2.75, 3.05) is 13.1 Å². The molecule has 6 heteroatoms. The lowest BCUT2D eigenvalue weighted by Crippen LogP contribution is -2.48. The van der Waals surface area contributed by atoms with E-state index in [9.17, 15) is 17.9 Å². The molecule has 0 aliphatic carbocycles. The molecule has 1 unspecified atom stereocenters. The van der Waals surface area contributed by atoms with Crippen LogP contribution in [-0.2, 0) is 10.0 Å². The Labute approximate surface area is 112 Å². The van der Waals surface area contributed by atoms with Crippen LogP contribution in [0.4, 0.5) is 4.39 Å². The summed E-state index contributed by atoms with van der Waals surface area (Å²) in [6, 6.07) is 3.72. The van der Waals surface area contributed by atoms with Crippen molar-refractivity contribution >= 4 is 10.0 Å². The molecule has 1 atom stereocenters. The molecule has 1 N–H and O–H groups in total. The van der Waals surface area contributed by atoms with Gasteiger partial charge in [0.1, 0.15) is 5.82 Å². The lowest BCUT2D eigenvalue weighted by molar-refractivity contribution is 0.00939. The molecule has 1 saturated heterocycles. The molecule has 1 heterocycles. The summed E-state index contributed by atoms with van der Waals surface area (Å²) in [5.74, 6) is -0.576. The van der Waals surface area contributed by atoms with Gasteiger partial charge in [-0.1, -0.05) is 6.07 Å². The van der Waals surface area contributed by atoms with E-state index < -0.39 is 21.4 Å². The van der Waals surface area contributed by atoms with E-state index in [2.05, 4.69) is 0 Å². The lowest BCUT2D eigenvalue weighted by atomic mass is 9.97. The number of nitrogens with zero attached hydrogens (tertiary/aromatic N) is 1. The van der Waals surface area contributed by atoms with Gasteiger partial charge in [-0.2, -0.15) is 4.31 Å². The van der Waals surface area contributed by atoms with Crippen molar-refractivity contribution in [2.24, 2.45) is 0 Å². The average Bonchev–Trinajstić information content (AvgIpc) is 2.31. The number of hydrogen-bond donors (Lipinski definition) is 1. The van der Waals surface area contributed by atoms with Crippen LogP contribution in [0.1, 0.15) is 25.3 Å². The molecule has 19 heavy (non-hydrogen) atoms. The molecule has 106 valence electrons. The Morgan fingerprint density at radius 3 is 2.74 bits per heavy atom. The van der Waals surface area contributed by atoms with Crippen LogP contribution in [0.5, 0.6) is 0 Å². The second kappa shape index (κ2) is 4.85. The number of halogens is 1. The summed E-state index contributed by atoms with van der Waals surface area (Å²) >= 11 is 0. The molecule has 1 aromatic carbocycles. The van der Waals surface area contributed by atoms with Gasteiger partial charge in [-0.15, -0.1) is 0 Å². The number of benzene rings is 1. The van der Waals surface area contributed by atoms with Gasteiger partial charge in [0.05, 0.1) is 10.5 Å². The fraction of sp³-hybridized carbons (Fsp3) is 0.538. The average molecular weight is 287 g/mol. The number of sulfonamides is 1. The minimum Gasteiger partial charge on any atom is -0.389 e. The van der Waals surface area contributed by atoms with E-state index in [0.29, 0.717) is 24.9 Å². The van der Waals surface area contributed by atoms with Crippen molar-refractivity contribution < 1.29 is 17.9 Å². The molecule has 1 aromatic rings. The maximum absolute atomic E-state index is 13.3. The smallest absolute Gasteiger partial charge is 0.243 e. The fourth-order valence-corrected chi connectivity index (χ4v) is 4.20. The van der Waals surface area contributed by atoms with Gasteiger partial charge in [0, 0.05) is 13.1 Å². The third-order valence-electron chi connectivity index (χ3n) is 3.41. The first-order chi connectivity index (χ1) is 8.72. The van der Waals surface area contributed by atoms with Gasteiger partial charge in [0.15, 0.2) is 0 Å². The van der Waals surface area contributed by atoms with Gasteiger partial charge in [0.2, 0.25) is 10.0 Å². The number of rotatable bonds is 2. The van der Waals surface area contributed by atoms with Crippen molar-refractivity contribution in [3.05, 3.63) is 29.6 Å². The van der Waals surface area contributed by atoms with Gasteiger partial charge >= 0.3 is 0 Å². The first kappa shape index (κ1) is 14.4. The molecule has 2 rings (SSSR count). The quantitative estimate of drug-likeness (QED) is 0.900. The van der Waals surface area contributed by atoms with Gasteiger partial charge in [-0.05, 0) is 44.4 Å². The molecular weight excluding hydrogens is 269 g/mol. The third kappa shape index (κ3) is 2.96. The van der Waals surface area contributed by atoms with Crippen LogP contribution in [0.3, 0.4) is 0 Å². The maximum Gasteiger partial charge on any atom is 0.243 e. The standard InChI is InChI=1S/C13H18FNO3S/c1-10-4-5-11(14)8-12(10)19(17,18)15-7-3-6-13(2,16)9-15/h4-5,8,16H,3,6-7,9H2,1-2H3. The zero-order valence-electron chi connectivity index (χ0n) is 11.1. The van der Waals surface area contributed by atoms with Crippen molar-refractivity contribution in [3.8, 4) is 0 Å². The second-order valence-electron chi connectivity index (χ2n) is 5.35. The molecule has 1 fully saturated rings. The van der Waals surface area contributed by atoms with Crippen LogP contribution >= 0.6 is 0 Å². The minimum absolute atomic E-state index is 0.0230. The van der Waals surface area contributed by atoms with Crippen LogP contribution in [0, 0.1) is 12.7 Å². The summed E-state index contributed by atoms with van der Waals surface area (Å²) in [6.45, 7) is 3.65. The van der Waals surface area contributed by atoms with Crippen LogP contribution in [0.2, 0.25) is 0 Å². The molecule has 0 amide bonds. The highest BCUT2D eigenvalue weighted by Crippen LogP contribution is 2.27. The van der Waals surface area contributed by atoms with Crippen LogP contribution in [-0.4, -0.2) is 36.5 Å². The Bertz CT molecular complexity index is 584. The molecule has 4 nitrogen and oxygen atoms in total. The molecular formula is C13H18FNO3S. The minimum atomic E-state index is -3.75. The second-order valence-corrected chi connectivity index (χ2v) is 7.26. The van der Waals surface area contributed by atoms with E-state index in [4.69, 9.17) is 0 Å². The first-order valence-electron chi connectivity index (χ1n) is 6.21. The van der Waals surface area contributed by atoms with Gasteiger partial charge in [0.25, 0.3) is 0 Å². The number of hydrogen-bond acceptors (Lipinski definition) is 3. The Morgan fingerprint density at radius 1 is 1.42 bits per heavy atom. The van der Waals surface area contributed by atoms with Crippen molar-refractivity contribution in [2.45, 2.75) is 37.2 Å². The summed E-state index contributed by atoms with van der Waals surface area (Å²) < 4.78 is 39.5. The lowest BCUT2D eigenvalue weighted by Gasteiger charge is -2.36. The number of aryl methyl sites for hydroxylation is 1. The molecule has 0 bridgehead atoms. The number of aliphatic hydroxyl groups is 1. The summed E-state index contributed by atoms with van der Waals surface area (Å²) in [4.78, 5) is -0.0230. The number of β-amino-alcohol motifs (C(OH)–C–C–N with tert-alkyl or cyclic N) is 1. The van der Waals surface area contributed by atoms with Crippen molar-refractivity contribution in [3.63, 3.8) is 0 Å². The number of piperidine rings is 1. The predicted molar refractivity (Wildman–Crippen MR) is 69.8 cm³/mol. The van der Waals surface area contributed by atoms with Crippen LogP contribution in [0.25, 0.3) is 0 Å². The van der Waals surface area contributed by atoms with Crippen molar-refractivity contribution in [1.29, 1.82) is 0 Å². The Balaban J connectivity index is 2.39. The zero-order chi connectivity index (χ0) is 14.3. The van der Waals surface area contributed by atoms with E-state index in [1.165, 1.54) is 16.4 Å². The molecule has 0 saturated carbocycles. The molecule has 1 aliphatic heterocycles. The summed E-state index contributed by atoms with van der Waals surface area (Å²) in [5.41, 5.74) is -0.515. The maximum atomic E-state index is 13.3.